The molecule has 2 N–H and O–H groups in total. The Labute approximate surface area is 134 Å². The fourth-order valence-electron chi connectivity index (χ4n) is 2.44. The van der Waals surface area contributed by atoms with E-state index in [2.05, 4.69) is 26.6 Å². The van der Waals surface area contributed by atoms with Crippen LogP contribution in [0.2, 0.25) is 0 Å². The first-order valence-corrected chi connectivity index (χ1v) is 8.39. The second kappa shape index (κ2) is 9.05. The summed E-state index contributed by atoms with van der Waals surface area (Å²) in [6.45, 7) is 3.57. The third kappa shape index (κ3) is 6.48. The van der Waals surface area contributed by atoms with Gasteiger partial charge in [-0.3, -0.25) is 4.79 Å². The summed E-state index contributed by atoms with van der Waals surface area (Å²) in [6.07, 6.45) is 3.57. The van der Waals surface area contributed by atoms with Crippen LogP contribution < -0.4 is 15.4 Å². The van der Waals surface area contributed by atoms with E-state index in [0.29, 0.717) is 13.0 Å². The second-order valence-corrected chi connectivity index (χ2v) is 6.32. The molecule has 0 radical (unpaired) electrons. The van der Waals surface area contributed by atoms with Gasteiger partial charge in [-0.2, -0.15) is 0 Å². The molecular weight excluding hydrogens is 332 g/mol. The van der Waals surface area contributed by atoms with Gasteiger partial charge in [-0.05, 0) is 56.5 Å². The standard InChI is InChI=1S/C16H23BrN2O2/c17-14-3-1-4-15(11-14)21-10-2-5-16(20)19-9-7-13-6-8-18-12-13/h1,3-4,11,13,18H,2,5-10,12H2,(H,19,20). The normalized spacial score (nSPS) is 17.7. The molecule has 21 heavy (non-hydrogen) atoms. The van der Waals surface area contributed by atoms with Crippen molar-refractivity contribution in [2.24, 2.45) is 5.92 Å². The van der Waals surface area contributed by atoms with Crippen LogP contribution in [0.5, 0.6) is 5.75 Å². The van der Waals surface area contributed by atoms with Crippen molar-refractivity contribution in [2.45, 2.75) is 25.7 Å². The molecule has 1 atom stereocenters. The van der Waals surface area contributed by atoms with Gasteiger partial charge in [-0.1, -0.05) is 22.0 Å². The van der Waals surface area contributed by atoms with E-state index in [1.807, 2.05) is 24.3 Å². The predicted molar refractivity (Wildman–Crippen MR) is 87.5 cm³/mol. The van der Waals surface area contributed by atoms with Crippen LogP contribution in [0.1, 0.15) is 25.7 Å². The third-order valence-corrected chi connectivity index (χ3v) is 4.14. The SMILES string of the molecule is O=C(CCCOc1cccc(Br)c1)NCCC1CCNC1. The number of hydrogen-bond donors (Lipinski definition) is 2. The molecule has 5 heteroatoms. The lowest BCUT2D eigenvalue weighted by Gasteiger charge is -2.10. The molecule has 1 fully saturated rings. The van der Waals surface area contributed by atoms with Crippen molar-refractivity contribution in [1.82, 2.24) is 10.6 Å². The van der Waals surface area contributed by atoms with Gasteiger partial charge >= 0.3 is 0 Å². The van der Waals surface area contributed by atoms with Crippen LogP contribution in [-0.4, -0.2) is 32.1 Å². The minimum Gasteiger partial charge on any atom is -0.494 e. The van der Waals surface area contributed by atoms with Crippen LogP contribution in [-0.2, 0) is 4.79 Å². The lowest BCUT2D eigenvalue weighted by molar-refractivity contribution is -0.121. The Kier molecular flexibility index (Phi) is 7.03. The van der Waals surface area contributed by atoms with Gasteiger partial charge < -0.3 is 15.4 Å². The monoisotopic (exact) mass is 354 g/mol. The topological polar surface area (TPSA) is 50.4 Å². The number of rotatable bonds is 8. The zero-order chi connectivity index (χ0) is 14.9. The van der Waals surface area contributed by atoms with E-state index in [0.717, 1.165) is 48.6 Å². The Hall–Kier alpha value is -1.07. The number of benzene rings is 1. The number of nitrogens with one attached hydrogen (secondary N) is 2. The van der Waals surface area contributed by atoms with Crippen LogP contribution in [0.25, 0.3) is 0 Å². The molecule has 1 aliphatic rings. The van der Waals surface area contributed by atoms with Crippen LogP contribution >= 0.6 is 15.9 Å². The minimum absolute atomic E-state index is 0.124. The maximum atomic E-state index is 11.7. The van der Waals surface area contributed by atoms with E-state index >= 15 is 0 Å². The van der Waals surface area contributed by atoms with E-state index in [1.165, 1.54) is 6.42 Å². The van der Waals surface area contributed by atoms with Crippen molar-refractivity contribution >= 4 is 21.8 Å². The summed E-state index contributed by atoms with van der Waals surface area (Å²) in [5.74, 6) is 1.68. The average molecular weight is 355 g/mol. The van der Waals surface area contributed by atoms with Gasteiger partial charge in [0.2, 0.25) is 5.91 Å². The lowest BCUT2D eigenvalue weighted by atomic mass is 10.1. The molecule has 2 rings (SSSR count). The number of amides is 1. The summed E-state index contributed by atoms with van der Waals surface area (Å²) in [6, 6.07) is 7.74. The highest BCUT2D eigenvalue weighted by Gasteiger charge is 2.13. The van der Waals surface area contributed by atoms with Crippen molar-refractivity contribution in [3.8, 4) is 5.75 Å². The van der Waals surface area contributed by atoms with Gasteiger partial charge in [0.25, 0.3) is 0 Å². The molecule has 0 aromatic heterocycles. The Morgan fingerprint density at radius 1 is 1.48 bits per heavy atom. The molecule has 1 aromatic carbocycles. The molecular formula is C16H23BrN2O2. The van der Waals surface area contributed by atoms with E-state index in [1.54, 1.807) is 0 Å². The summed E-state index contributed by atoms with van der Waals surface area (Å²) >= 11 is 3.40. The Balaban J connectivity index is 1.50. The molecule has 0 aliphatic carbocycles. The van der Waals surface area contributed by atoms with Gasteiger partial charge in [-0.25, -0.2) is 0 Å². The summed E-state index contributed by atoms with van der Waals surface area (Å²) in [5.41, 5.74) is 0. The maximum Gasteiger partial charge on any atom is 0.220 e. The Bertz CT molecular complexity index is 448. The van der Waals surface area contributed by atoms with Crippen molar-refractivity contribution in [1.29, 1.82) is 0 Å². The second-order valence-electron chi connectivity index (χ2n) is 5.41. The molecule has 0 saturated carbocycles. The van der Waals surface area contributed by atoms with E-state index in [4.69, 9.17) is 4.74 Å². The number of ether oxygens (including phenoxy) is 1. The molecule has 1 heterocycles. The Morgan fingerprint density at radius 3 is 3.14 bits per heavy atom. The highest BCUT2D eigenvalue weighted by molar-refractivity contribution is 9.10. The van der Waals surface area contributed by atoms with Crippen LogP contribution in [0, 0.1) is 5.92 Å². The quantitative estimate of drug-likeness (QED) is 0.705. The largest absolute Gasteiger partial charge is 0.494 e. The summed E-state index contributed by atoms with van der Waals surface area (Å²) < 4.78 is 6.60. The van der Waals surface area contributed by atoms with E-state index in [-0.39, 0.29) is 5.91 Å². The highest BCUT2D eigenvalue weighted by atomic mass is 79.9. The van der Waals surface area contributed by atoms with Gasteiger partial charge in [0, 0.05) is 17.4 Å². The van der Waals surface area contributed by atoms with Crippen molar-refractivity contribution in [3.05, 3.63) is 28.7 Å². The highest BCUT2D eigenvalue weighted by Crippen LogP contribution is 2.17. The van der Waals surface area contributed by atoms with Gasteiger partial charge in [0.05, 0.1) is 6.61 Å². The zero-order valence-electron chi connectivity index (χ0n) is 12.2. The van der Waals surface area contributed by atoms with Crippen molar-refractivity contribution in [3.63, 3.8) is 0 Å². The first-order chi connectivity index (χ1) is 10.2. The molecule has 116 valence electrons. The third-order valence-electron chi connectivity index (χ3n) is 3.65. The molecule has 1 unspecified atom stereocenters. The first-order valence-electron chi connectivity index (χ1n) is 7.60. The van der Waals surface area contributed by atoms with Crippen molar-refractivity contribution in [2.75, 3.05) is 26.2 Å². The fourth-order valence-corrected chi connectivity index (χ4v) is 2.82. The zero-order valence-corrected chi connectivity index (χ0v) is 13.8. The van der Waals surface area contributed by atoms with E-state index in [9.17, 15) is 4.79 Å². The van der Waals surface area contributed by atoms with Gasteiger partial charge in [0.1, 0.15) is 5.75 Å². The van der Waals surface area contributed by atoms with Crippen molar-refractivity contribution < 1.29 is 9.53 Å². The molecule has 0 bridgehead atoms. The fraction of sp³-hybridized carbons (Fsp3) is 0.562. The summed E-state index contributed by atoms with van der Waals surface area (Å²) in [7, 11) is 0. The molecule has 1 saturated heterocycles. The molecule has 4 nitrogen and oxygen atoms in total. The lowest BCUT2D eigenvalue weighted by Crippen LogP contribution is -2.26. The molecule has 1 aromatic rings. The first kappa shape index (κ1) is 16.3. The molecule has 1 aliphatic heterocycles. The number of carbonyl (C=O) groups excluding carboxylic acids is 1. The number of carbonyl (C=O) groups is 1. The number of hydrogen-bond acceptors (Lipinski definition) is 3. The smallest absolute Gasteiger partial charge is 0.220 e. The van der Waals surface area contributed by atoms with E-state index < -0.39 is 0 Å². The van der Waals surface area contributed by atoms with Crippen LogP contribution in [0.4, 0.5) is 0 Å². The minimum atomic E-state index is 0.124. The molecule has 0 spiro atoms. The Morgan fingerprint density at radius 2 is 2.38 bits per heavy atom. The van der Waals surface area contributed by atoms with Crippen LogP contribution in [0.15, 0.2) is 28.7 Å². The van der Waals surface area contributed by atoms with Gasteiger partial charge in [0.15, 0.2) is 0 Å². The molecule has 1 amide bonds. The maximum absolute atomic E-state index is 11.7. The summed E-state index contributed by atoms with van der Waals surface area (Å²) in [5, 5.41) is 6.33. The van der Waals surface area contributed by atoms with Crippen LogP contribution in [0.3, 0.4) is 0 Å². The van der Waals surface area contributed by atoms with Gasteiger partial charge in [-0.15, -0.1) is 0 Å². The summed E-state index contributed by atoms with van der Waals surface area (Å²) in [4.78, 5) is 11.7. The average Bonchev–Trinajstić information content (AvgIpc) is 2.97. The predicted octanol–water partition coefficient (Wildman–Crippen LogP) is 2.72. The number of halogens is 1.